The summed E-state index contributed by atoms with van der Waals surface area (Å²) in [4.78, 5) is 36.7. The number of aliphatic hydroxyl groups is 2. The zero-order valence-electron chi connectivity index (χ0n) is 20.0. The number of carbonyl (C=O) groups excluding carboxylic acids is 3. The van der Waals surface area contributed by atoms with Crippen LogP contribution in [0.25, 0.3) is 0 Å². The summed E-state index contributed by atoms with van der Waals surface area (Å²) >= 11 is 0. The van der Waals surface area contributed by atoms with Gasteiger partial charge in [0.1, 0.15) is 17.8 Å². The number of rotatable bonds is 2. The molecular formula is C24H34O9. The van der Waals surface area contributed by atoms with Gasteiger partial charge >= 0.3 is 17.9 Å². The van der Waals surface area contributed by atoms with Crippen LogP contribution >= 0.6 is 0 Å². The minimum absolute atomic E-state index is 0.317. The molecule has 9 nitrogen and oxygen atoms in total. The molecule has 1 saturated carbocycles. The van der Waals surface area contributed by atoms with E-state index in [2.05, 4.69) is 0 Å². The highest BCUT2D eigenvalue weighted by molar-refractivity contribution is 5.77. The van der Waals surface area contributed by atoms with Gasteiger partial charge in [0.15, 0.2) is 6.10 Å². The fraction of sp³-hybridized carbons (Fsp3) is 0.792. The lowest BCUT2D eigenvalue weighted by atomic mass is 9.53. The topological polar surface area (TPSA) is 132 Å². The maximum absolute atomic E-state index is 12.5. The average molecular weight is 467 g/mol. The Morgan fingerprint density at radius 3 is 2.36 bits per heavy atom. The molecule has 2 heterocycles. The molecule has 0 aromatic heterocycles. The van der Waals surface area contributed by atoms with Gasteiger partial charge in [0.05, 0.1) is 23.7 Å². The highest BCUT2D eigenvalue weighted by Crippen LogP contribution is 2.64. The summed E-state index contributed by atoms with van der Waals surface area (Å²) in [6, 6.07) is 0. The van der Waals surface area contributed by atoms with Crippen LogP contribution in [0.3, 0.4) is 0 Å². The third kappa shape index (κ3) is 3.51. The van der Waals surface area contributed by atoms with Crippen LogP contribution in [-0.2, 0) is 33.3 Å². The molecule has 0 unspecified atom stereocenters. The molecule has 10 atom stereocenters. The molecule has 0 amide bonds. The molecule has 184 valence electrons. The summed E-state index contributed by atoms with van der Waals surface area (Å²) < 4.78 is 23.1. The fourth-order valence-corrected chi connectivity index (χ4v) is 6.54. The van der Waals surface area contributed by atoms with Crippen LogP contribution in [-0.4, -0.2) is 69.8 Å². The van der Waals surface area contributed by atoms with Gasteiger partial charge in [0.2, 0.25) is 0 Å². The van der Waals surface area contributed by atoms with Crippen molar-refractivity contribution in [3.05, 3.63) is 11.6 Å². The Morgan fingerprint density at radius 2 is 1.76 bits per heavy atom. The lowest BCUT2D eigenvalue weighted by Crippen LogP contribution is -2.68. The number of carbonyl (C=O) groups is 3. The molecule has 33 heavy (non-hydrogen) atoms. The Bertz CT molecular complexity index is 898. The number of hydrogen-bond donors (Lipinski definition) is 2. The van der Waals surface area contributed by atoms with Crippen molar-refractivity contribution in [2.24, 2.45) is 17.3 Å². The van der Waals surface area contributed by atoms with E-state index >= 15 is 0 Å². The predicted molar refractivity (Wildman–Crippen MR) is 114 cm³/mol. The monoisotopic (exact) mass is 466 g/mol. The van der Waals surface area contributed by atoms with Gasteiger partial charge in [-0.3, -0.25) is 14.4 Å². The van der Waals surface area contributed by atoms with E-state index < -0.39 is 70.8 Å². The zero-order chi connectivity index (χ0) is 24.5. The van der Waals surface area contributed by atoms with Crippen LogP contribution in [0.15, 0.2) is 11.6 Å². The summed E-state index contributed by atoms with van der Waals surface area (Å²) in [6.07, 6.45) is -1.41. The summed E-state index contributed by atoms with van der Waals surface area (Å²) in [5.41, 5.74) is -3.10. The van der Waals surface area contributed by atoms with E-state index in [9.17, 15) is 24.6 Å². The molecule has 0 radical (unpaired) electrons. The molecule has 9 heteroatoms. The number of epoxide rings is 1. The van der Waals surface area contributed by atoms with Crippen LogP contribution in [0.5, 0.6) is 0 Å². The SMILES string of the molecule is CC(=O)O[C@H]1CC/C(C)=C\[C@@H]2OC(=O)[C@H](C)[C@@]2(O)[C@@H](O)[C@H]2[C@@]3(C)O[C@H]3C[C@H](OC(C)=O)[C@]12C. The molecule has 0 spiro atoms. The second kappa shape index (κ2) is 7.78. The molecule has 2 saturated heterocycles. The van der Waals surface area contributed by atoms with Gasteiger partial charge in [-0.2, -0.15) is 0 Å². The maximum Gasteiger partial charge on any atom is 0.312 e. The highest BCUT2D eigenvalue weighted by atomic mass is 16.6. The van der Waals surface area contributed by atoms with Crippen molar-refractivity contribution in [3.63, 3.8) is 0 Å². The molecule has 2 aliphatic carbocycles. The zero-order valence-corrected chi connectivity index (χ0v) is 20.0. The quantitative estimate of drug-likeness (QED) is 0.268. The molecule has 0 bridgehead atoms. The molecule has 0 aromatic rings. The molecule has 2 N–H and O–H groups in total. The van der Waals surface area contributed by atoms with Gasteiger partial charge in [0, 0.05) is 31.6 Å². The van der Waals surface area contributed by atoms with Crippen LogP contribution in [0.1, 0.15) is 60.8 Å². The Balaban J connectivity index is 1.92. The minimum atomic E-state index is -1.94. The van der Waals surface area contributed by atoms with Crippen molar-refractivity contribution in [1.82, 2.24) is 0 Å². The van der Waals surface area contributed by atoms with Crippen LogP contribution < -0.4 is 0 Å². The van der Waals surface area contributed by atoms with E-state index in [4.69, 9.17) is 18.9 Å². The van der Waals surface area contributed by atoms with Gasteiger partial charge in [-0.05, 0) is 39.7 Å². The largest absolute Gasteiger partial charge is 0.462 e. The summed E-state index contributed by atoms with van der Waals surface area (Å²) in [5.74, 6) is -3.43. The third-order valence-electron chi connectivity index (χ3n) is 8.47. The predicted octanol–water partition coefficient (Wildman–Crippen LogP) is 1.43. The summed E-state index contributed by atoms with van der Waals surface area (Å²) in [7, 11) is 0. The Labute approximate surface area is 193 Å². The van der Waals surface area contributed by atoms with Crippen LogP contribution in [0, 0.1) is 17.3 Å². The van der Waals surface area contributed by atoms with Gasteiger partial charge in [-0.1, -0.05) is 12.5 Å². The van der Waals surface area contributed by atoms with Gasteiger partial charge < -0.3 is 29.2 Å². The molecular weight excluding hydrogens is 432 g/mol. The van der Waals surface area contributed by atoms with Crippen molar-refractivity contribution in [2.75, 3.05) is 0 Å². The van der Waals surface area contributed by atoms with Crippen LogP contribution in [0.4, 0.5) is 0 Å². The van der Waals surface area contributed by atoms with E-state index in [1.54, 1.807) is 6.08 Å². The van der Waals surface area contributed by atoms with Crippen molar-refractivity contribution in [2.45, 2.75) is 103 Å². The average Bonchev–Trinajstić information content (AvgIpc) is 3.31. The number of ether oxygens (including phenoxy) is 4. The molecule has 2 aliphatic heterocycles. The van der Waals surface area contributed by atoms with E-state index in [1.165, 1.54) is 20.8 Å². The second-order valence-corrected chi connectivity index (χ2v) is 10.5. The van der Waals surface area contributed by atoms with Gasteiger partial charge in [0.25, 0.3) is 0 Å². The summed E-state index contributed by atoms with van der Waals surface area (Å²) in [6.45, 7) is 9.63. The Kier molecular flexibility index (Phi) is 5.70. The number of aliphatic hydroxyl groups excluding tert-OH is 1. The van der Waals surface area contributed by atoms with Crippen molar-refractivity contribution in [3.8, 4) is 0 Å². The summed E-state index contributed by atoms with van der Waals surface area (Å²) in [5, 5.41) is 23.8. The minimum Gasteiger partial charge on any atom is -0.462 e. The number of allylic oxidation sites excluding steroid dienone is 1. The molecule has 4 rings (SSSR count). The molecule has 3 fully saturated rings. The van der Waals surface area contributed by atoms with Gasteiger partial charge in [-0.25, -0.2) is 0 Å². The van der Waals surface area contributed by atoms with Crippen LogP contribution in [0.2, 0.25) is 0 Å². The Morgan fingerprint density at radius 1 is 1.15 bits per heavy atom. The van der Waals surface area contributed by atoms with Crippen molar-refractivity contribution >= 4 is 17.9 Å². The van der Waals surface area contributed by atoms with E-state index in [1.807, 2.05) is 20.8 Å². The number of esters is 3. The normalized spacial score (nSPS) is 50.5. The smallest absolute Gasteiger partial charge is 0.312 e. The Hall–Kier alpha value is -1.97. The molecule has 4 aliphatic rings. The highest BCUT2D eigenvalue weighted by Gasteiger charge is 2.76. The first-order valence-electron chi connectivity index (χ1n) is 11.6. The standard InChI is InChI=1S/C24H34O9/c1-11-7-8-15(30-13(3)25)22(5)16(31-14(4)26)10-17-23(6,33-17)19(22)20(27)24(29)12(2)21(28)32-18(24)9-11/h9,12,15-20,27,29H,7-8,10H2,1-6H3/b11-9-/t12-,15-,16-,17-,18-,19+,20-,22-,23-,24-/m0/s1. The van der Waals surface area contributed by atoms with Crippen molar-refractivity contribution < 1.29 is 43.5 Å². The van der Waals surface area contributed by atoms with Crippen molar-refractivity contribution in [1.29, 1.82) is 0 Å². The fourth-order valence-electron chi connectivity index (χ4n) is 6.54. The number of hydrogen-bond acceptors (Lipinski definition) is 9. The van der Waals surface area contributed by atoms with E-state index in [-0.39, 0.29) is 6.10 Å². The first-order valence-corrected chi connectivity index (χ1v) is 11.6. The number of fused-ring (bicyclic) bond motifs is 4. The second-order valence-electron chi connectivity index (χ2n) is 10.5. The van der Waals surface area contributed by atoms with Gasteiger partial charge in [-0.15, -0.1) is 0 Å². The lowest BCUT2D eigenvalue weighted by molar-refractivity contribution is -0.224. The third-order valence-corrected chi connectivity index (χ3v) is 8.47. The first-order chi connectivity index (χ1) is 15.3. The maximum atomic E-state index is 12.5. The first kappa shape index (κ1) is 24.2. The lowest BCUT2D eigenvalue weighted by Gasteiger charge is -2.55. The molecule has 0 aromatic carbocycles. The van der Waals surface area contributed by atoms with E-state index in [0.717, 1.165) is 5.57 Å². The van der Waals surface area contributed by atoms with E-state index in [0.29, 0.717) is 19.3 Å².